The number of ether oxygens (including phenoxy) is 2. The lowest BCUT2D eigenvalue weighted by Crippen LogP contribution is -2.34. The van der Waals surface area contributed by atoms with Gasteiger partial charge in [-0.1, -0.05) is 98.8 Å². The van der Waals surface area contributed by atoms with Crippen LogP contribution < -0.4 is 11.3 Å². The number of nitrogens with one attached hydrogen (secondary N) is 1. The predicted molar refractivity (Wildman–Crippen MR) is 183 cm³/mol. The molecule has 0 amide bonds. The largest absolute Gasteiger partial charge is 0.392 e. The predicted octanol–water partition coefficient (Wildman–Crippen LogP) is 5.26. The monoisotopic (exact) mass is 632 g/mol. The Morgan fingerprint density at radius 2 is 1.61 bits per heavy atom. The lowest BCUT2D eigenvalue weighted by atomic mass is 9.96. The van der Waals surface area contributed by atoms with Crippen LogP contribution in [0.2, 0.25) is 0 Å². The summed E-state index contributed by atoms with van der Waals surface area (Å²) in [4.78, 5) is 14.5. The van der Waals surface area contributed by atoms with E-state index in [0.29, 0.717) is 30.8 Å². The summed E-state index contributed by atoms with van der Waals surface area (Å²) in [5, 5.41) is 32.4. The number of aliphatic hydroxyl groups is 3. The molecule has 2 aromatic heterocycles. The SMILES string of the molecule is C=C.CC/C=C\C=C/CCOCC1CC(C)C(O)(c2ccc3c(=O)[nH]c(N)nn23)O1.OCc1ccccc1.OCc1ccccc1. The van der Waals surface area contributed by atoms with Gasteiger partial charge >= 0.3 is 0 Å². The van der Waals surface area contributed by atoms with Crippen LogP contribution >= 0.6 is 0 Å². The number of nitrogen functional groups attached to an aromatic ring is 1. The van der Waals surface area contributed by atoms with Crippen molar-refractivity contribution in [1.29, 1.82) is 0 Å². The minimum Gasteiger partial charge on any atom is -0.392 e. The third kappa shape index (κ3) is 11.6. The summed E-state index contributed by atoms with van der Waals surface area (Å²) in [6, 6.07) is 22.3. The quantitative estimate of drug-likeness (QED) is 0.0901. The highest BCUT2D eigenvalue weighted by Crippen LogP contribution is 2.42. The summed E-state index contributed by atoms with van der Waals surface area (Å²) in [7, 11) is 0. The number of fused-ring (bicyclic) bond motifs is 1. The molecule has 0 bridgehead atoms. The molecule has 10 nitrogen and oxygen atoms in total. The van der Waals surface area contributed by atoms with Crippen LogP contribution in [0.25, 0.3) is 5.52 Å². The average Bonchev–Trinajstić information content (AvgIpc) is 3.65. The van der Waals surface area contributed by atoms with Gasteiger partial charge < -0.3 is 30.5 Å². The van der Waals surface area contributed by atoms with E-state index in [1.807, 2.05) is 79.7 Å². The minimum absolute atomic E-state index is 0.0223. The van der Waals surface area contributed by atoms with E-state index in [2.05, 4.69) is 42.3 Å². The maximum atomic E-state index is 12.0. The zero-order chi connectivity index (χ0) is 33.8. The summed E-state index contributed by atoms with van der Waals surface area (Å²) in [5.74, 6) is -1.77. The van der Waals surface area contributed by atoms with Crippen LogP contribution in [-0.2, 0) is 28.5 Å². The second kappa shape index (κ2) is 20.7. The van der Waals surface area contributed by atoms with E-state index in [1.165, 1.54) is 4.52 Å². The molecule has 0 saturated carbocycles. The molecule has 5 rings (SSSR count). The smallest absolute Gasteiger partial charge is 0.276 e. The highest BCUT2D eigenvalue weighted by molar-refractivity contribution is 5.48. The number of anilines is 1. The number of allylic oxidation sites excluding steroid dienone is 3. The van der Waals surface area contributed by atoms with E-state index in [4.69, 9.17) is 25.4 Å². The first-order valence-corrected chi connectivity index (χ1v) is 15.3. The van der Waals surface area contributed by atoms with Gasteiger partial charge in [-0.05, 0) is 42.5 Å². The molecule has 0 spiro atoms. The molecule has 46 heavy (non-hydrogen) atoms. The van der Waals surface area contributed by atoms with Crippen molar-refractivity contribution in [3.63, 3.8) is 0 Å². The molecule has 3 unspecified atom stereocenters. The third-order valence-electron chi connectivity index (χ3n) is 6.94. The number of H-pyrrole nitrogens is 1. The Kier molecular flexibility index (Phi) is 17.0. The minimum atomic E-state index is -1.56. The third-order valence-corrected chi connectivity index (χ3v) is 6.94. The van der Waals surface area contributed by atoms with Crippen LogP contribution in [0.1, 0.15) is 49.9 Å². The van der Waals surface area contributed by atoms with E-state index in [-0.39, 0.29) is 36.7 Å². The van der Waals surface area contributed by atoms with Crippen molar-refractivity contribution >= 4 is 11.5 Å². The molecular formula is C36H48N4O6. The van der Waals surface area contributed by atoms with Crippen LogP contribution in [0.4, 0.5) is 5.95 Å². The first kappa shape index (κ1) is 37.9. The highest BCUT2D eigenvalue weighted by Gasteiger charge is 2.48. The van der Waals surface area contributed by atoms with E-state index in [9.17, 15) is 9.90 Å². The molecule has 1 aliphatic heterocycles. The number of aromatic amines is 1. The summed E-state index contributed by atoms with van der Waals surface area (Å²) >= 11 is 0. The molecule has 6 N–H and O–H groups in total. The van der Waals surface area contributed by atoms with Crippen LogP contribution in [0.3, 0.4) is 0 Å². The number of nitrogens with zero attached hydrogens (tertiary/aromatic N) is 2. The fourth-order valence-corrected chi connectivity index (χ4v) is 4.60. The van der Waals surface area contributed by atoms with Crippen LogP contribution in [0.5, 0.6) is 0 Å². The fourth-order valence-electron chi connectivity index (χ4n) is 4.60. The first-order valence-electron chi connectivity index (χ1n) is 15.3. The summed E-state index contributed by atoms with van der Waals surface area (Å²) in [6.07, 6.45) is 10.4. The molecule has 0 radical (unpaired) electrons. The molecule has 10 heteroatoms. The van der Waals surface area contributed by atoms with Gasteiger partial charge in [-0.25, -0.2) is 4.52 Å². The Morgan fingerprint density at radius 1 is 1.02 bits per heavy atom. The first-order chi connectivity index (χ1) is 22.3. The van der Waals surface area contributed by atoms with E-state index < -0.39 is 5.79 Å². The summed E-state index contributed by atoms with van der Waals surface area (Å²) < 4.78 is 13.0. The Bertz CT molecular complexity index is 1480. The van der Waals surface area contributed by atoms with Gasteiger partial charge in [0, 0.05) is 5.92 Å². The number of hydrogen-bond donors (Lipinski definition) is 5. The zero-order valence-electron chi connectivity index (χ0n) is 26.8. The Morgan fingerprint density at radius 3 is 2.15 bits per heavy atom. The second-order valence-corrected chi connectivity index (χ2v) is 10.3. The molecule has 1 saturated heterocycles. The topological polar surface area (TPSA) is 155 Å². The Hall–Kier alpha value is -4.32. The van der Waals surface area contributed by atoms with Crippen LogP contribution in [0, 0.1) is 5.92 Å². The van der Waals surface area contributed by atoms with Gasteiger partial charge in [0.2, 0.25) is 11.7 Å². The fraction of sp³-hybridized carbons (Fsp3) is 0.333. The number of aliphatic hydroxyl groups excluding tert-OH is 2. The van der Waals surface area contributed by atoms with Crippen molar-refractivity contribution in [2.75, 3.05) is 18.9 Å². The van der Waals surface area contributed by atoms with Crippen molar-refractivity contribution in [1.82, 2.24) is 14.6 Å². The van der Waals surface area contributed by atoms with E-state index >= 15 is 0 Å². The number of aromatic nitrogens is 3. The maximum Gasteiger partial charge on any atom is 0.276 e. The molecule has 0 aliphatic carbocycles. The van der Waals surface area contributed by atoms with Gasteiger partial charge in [0.25, 0.3) is 5.56 Å². The van der Waals surface area contributed by atoms with Crippen molar-refractivity contribution < 1.29 is 24.8 Å². The molecular weight excluding hydrogens is 584 g/mol. The van der Waals surface area contributed by atoms with Crippen molar-refractivity contribution in [3.05, 3.63) is 137 Å². The van der Waals surface area contributed by atoms with Gasteiger partial charge in [-0.3, -0.25) is 9.78 Å². The van der Waals surface area contributed by atoms with Gasteiger partial charge in [-0.15, -0.1) is 18.3 Å². The highest BCUT2D eigenvalue weighted by atomic mass is 16.6. The van der Waals surface area contributed by atoms with E-state index in [1.54, 1.807) is 12.1 Å². The molecule has 3 heterocycles. The van der Waals surface area contributed by atoms with Crippen molar-refractivity contribution in [3.8, 4) is 0 Å². The molecule has 4 aromatic rings. The van der Waals surface area contributed by atoms with Gasteiger partial charge in [0.15, 0.2) is 0 Å². The molecule has 1 fully saturated rings. The lowest BCUT2D eigenvalue weighted by molar-refractivity contribution is -0.228. The Balaban J connectivity index is 0.000000331. The number of rotatable bonds is 10. The van der Waals surface area contributed by atoms with Crippen LogP contribution in [-0.4, -0.2) is 49.2 Å². The lowest BCUT2D eigenvalue weighted by Gasteiger charge is -2.26. The second-order valence-electron chi connectivity index (χ2n) is 10.3. The van der Waals surface area contributed by atoms with Crippen molar-refractivity contribution in [2.45, 2.75) is 58.2 Å². The normalized spacial score (nSPS) is 18.8. The average molecular weight is 633 g/mol. The van der Waals surface area contributed by atoms with Gasteiger partial charge in [0.05, 0.1) is 32.5 Å². The molecule has 248 valence electrons. The number of hydrogen-bond acceptors (Lipinski definition) is 8. The molecule has 1 aliphatic rings. The molecule has 3 atom stereocenters. The van der Waals surface area contributed by atoms with Gasteiger partial charge in [0.1, 0.15) is 11.2 Å². The summed E-state index contributed by atoms with van der Waals surface area (Å²) in [5.41, 5.74) is 7.91. The van der Waals surface area contributed by atoms with Crippen LogP contribution in [0.15, 0.2) is 115 Å². The van der Waals surface area contributed by atoms with E-state index in [0.717, 1.165) is 24.0 Å². The zero-order valence-corrected chi connectivity index (χ0v) is 26.8. The van der Waals surface area contributed by atoms with Crippen molar-refractivity contribution in [2.24, 2.45) is 5.92 Å². The van der Waals surface area contributed by atoms with Gasteiger partial charge in [-0.2, -0.15) is 0 Å². The maximum absolute atomic E-state index is 12.0. The molecule has 2 aromatic carbocycles. The number of benzene rings is 2. The number of nitrogens with two attached hydrogens (primary N) is 1. The standard InChI is InChI=1S/C20H28N4O4.2C7H8O.C2H4/c1-3-4-5-6-7-8-11-27-13-15-12-14(2)20(26,28-15)17-10-9-16-18(25)22-19(21)23-24(16)17;2*8-6-7-4-2-1-3-5-7;1-2/h4-7,9-10,14-15,26H,3,8,11-13H2,1-2H3,(H3,21,22,23,25);2*1-5,8H,6H2;1-2H2/b5-4-,7-6-;;;. The Labute approximate surface area is 271 Å². The summed E-state index contributed by atoms with van der Waals surface area (Å²) in [6.45, 7) is 11.3.